The second-order valence-electron chi connectivity index (χ2n) is 10.3. The number of sulfone groups is 1. The van der Waals surface area contributed by atoms with Crippen molar-refractivity contribution in [2.45, 2.75) is 29.9 Å². The number of likely N-dealkylation sites (tertiary alicyclic amines) is 1. The van der Waals surface area contributed by atoms with E-state index in [1.807, 2.05) is 11.0 Å². The Bertz CT molecular complexity index is 1730. The van der Waals surface area contributed by atoms with Crippen LogP contribution in [-0.2, 0) is 30.7 Å². The summed E-state index contributed by atoms with van der Waals surface area (Å²) in [6.45, 7) is 5.06. The van der Waals surface area contributed by atoms with Gasteiger partial charge < -0.3 is 15.2 Å². The molecule has 0 saturated carbocycles. The van der Waals surface area contributed by atoms with Gasteiger partial charge in [-0.25, -0.2) is 13.2 Å². The van der Waals surface area contributed by atoms with E-state index in [9.17, 15) is 23.1 Å². The lowest BCUT2D eigenvalue weighted by molar-refractivity contribution is -0.152. The van der Waals surface area contributed by atoms with Crippen molar-refractivity contribution in [1.82, 2.24) is 10.2 Å². The van der Waals surface area contributed by atoms with Gasteiger partial charge in [-0.2, -0.15) is 0 Å². The molecule has 8 nitrogen and oxygen atoms in total. The molecule has 0 radical (unpaired) electrons. The Hall–Kier alpha value is -3.15. The van der Waals surface area contributed by atoms with E-state index in [0.717, 1.165) is 11.1 Å². The SMILES string of the molecule is C=Cc1cc(-c2cccc(S(C)(=O)=O)c2)c(Cl)cc1C1=C(O)C2(CCCN(CC(=O)NCc3ccc(Cl)s3)C2)OC1=O. The van der Waals surface area contributed by atoms with Crippen LogP contribution in [-0.4, -0.2) is 61.8 Å². The molecule has 1 fully saturated rings. The number of thiophene rings is 1. The smallest absolute Gasteiger partial charge is 0.343 e. The number of nitrogens with zero attached hydrogens (tertiary/aromatic N) is 1. The first-order chi connectivity index (χ1) is 19.9. The van der Waals surface area contributed by atoms with Crippen molar-refractivity contribution in [3.05, 3.63) is 86.2 Å². The summed E-state index contributed by atoms with van der Waals surface area (Å²) < 4.78 is 30.6. The fraction of sp³-hybridized carbons (Fsp3) is 0.267. The zero-order valence-corrected chi connectivity index (χ0v) is 25.8. The molecule has 1 unspecified atom stereocenters. The van der Waals surface area contributed by atoms with Crippen LogP contribution in [0, 0.1) is 0 Å². The zero-order valence-electron chi connectivity index (χ0n) is 22.7. The average Bonchev–Trinajstić information content (AvgIpc) is 3.46. The van der Waals surface area contributed by atoms with E-state index in [-0.39, 0.29) is 40.2 Å². The number of carbonyl (C=O) groups is 2. The number of hydrogen-bond donors (Lipinski definition) is 2. The van der Waals surface area contributed by atoms with Crippen molar-refractivity contribution in [2.75, 3.05) is 25.9 Å². The lowest BCUT2D eigenvalue weighted by atomic mass is 9.87. The van der Waals surface area contributed by atoms with Crippen LogP contribution in [0.1, 0.15) is 28.8 Å². The number of halogens is 2. The van der Waals surface area contributed by atoms with Crippen molar-refractivity contribution < 1.29 is 27.9 Å². The van der Waals surface area contributed by atoms with Crippen LogP contribution >= 0.6 is 34.5 Å². The minimum atomic E-state index is -3.44. The van der Waals surface area contributed by atoms with Gasteiger partial charge in [-0.3, -0.25) is 9.69 Å². The van der Waals surface area contributed by atoms with E-state index in [1.54, 1.807) is 30.3 Å². The highest BCUT2D eigenvalue weighted by Crippen LogP contribution is 2.44. The first kappa shape index (κ1) is 30.3. The van der Waals surface area contributed by atoms with Gasteiger partial charge in [-0.1, -0.05) is 48.0 Å². The number of carbonyl (C=O) groups excluding carboxylic acids is 2. The number of aliphatic hydroxyl groups is 1. The Morgan fingerprint density at radius 3 is 2.69 bits per heavy atom. The van der Waals surface area contributed by atoms with Gasteiger partial charge in [0.05, 0.1) is 22.3 Å². The number of aliphatic hydroxyl groups excluding tert-OH is 1. The third kappa shape index (κ3) is 6.14. The van der Waals surface area contributed by atoms with Gasteiger partial charge in [-0.05, 0) is 66.9 Å². The fourth-order valence-corrected chi connectivity index (χ4v) is 7.31. The van der Waals surface area contributed by atoms with Crippen LogP contribution < -0.4 is 5.32 Å². The molecule has 5 rings (SSSR count). The number of esters is 1. The summed E-state index contributed by atoms with van der Waals surface area (Å²) in [6, 6.07) is 13.3. The molecule has 42 heavy (non-hydrogen) atoms. The number of benzene rings is 2. The zero-order chi connectivity index (χ0) is 30.2. The van der Waals surface area contributed by atoms with Crippen molar-refractivity contribution in [3.63, 3.8) is 0 Å². The first-order valence-electron chi connectivity index (χ1n) is 13.1. The predicted octanol–water partition coefficient (Wildman–Crippen LogP) is 5.75. The van der Waals surface area contributed by atoms with Crippen LogP contribution in [0.25, 0.3) is 22.8 Å². The normalized spacial score (nSPS) is 19.3. The summed E-state index contributed by atoms with van der Waals surface area (Å²) in [5.74, 6) is -1.10. The number of piperidine rings is 1. The van der Waals surface area contributed by atoms with Crippen LogP contribution in [0.4, 0.5) is 0 Å². The molecule has 1 aromatic heterocycles. The van der Waals surface area contributed by atoms with Gasteiger partial charge in [0.1, 0.15) is 5.57 Å². The molecule has 220 valence electrons. The van der Waals surface area contributed by atoms with Crippen molar-refractivity contribution in [3.8, 4) is 11.1 Å². The molecular formula is C30H28Cl2N2O6S2. The van der Waals surface area contributed by atoms with Gasteiger partial charge in [0, 0.05) is 33.8 Å². The van der Waals surface area contributed by atoms with Gasteiger partial charge in [0.2, 0.25) is 5.91 Å². The van der Waals surface area contributed by atoms with E-state index < -0.39 is 21.4 Å². The Morgan fingerprint density at radius 1 is 1.21 bits per heavy atom. The molecule has 2 N–H and O–H groups in total. The third-order valence-corrected chi connectivity index (χ3v) is 10.0. The number of rotatable bonds is 8. The highest BCUT2D eigenvalue weighted by molar-refractivity contribution is 7.90. The Morgan fingerprint density at radius 2 is 2.00 bits per heavy atom. The third-order valence-electron chi connectivity index (χ3n) is 7.35. The van der Waals surface area contributed by atoms with Crippen LogP contribution in [0.5, 0.6) is 0 Å². The molecule has 1 amide bonds. The Labute approximate surface area is 258 Å². The predicted molar refractivity (Wildman–Crippen MR) is 165 cm³/mol. The fourth-order valence-electron chi connectivity index (χ4n) is 5.34. The minimum Gasteiger partial charge on any atom is -0.507 e. The lowest BCUT2D eigenvalue weighted by Gasteiger charge is -2.38. The molecule has 2 aliphatic rings. The molecule has 0 aliphatic carbocycles. The molecule has 2 aliphatic heterocycles. The molecule has 1 saturated heterocycles. The second kappa shape index (κ2) is 11.9. The molecular weight excluding hydrogens is 619 g/mol. The molecule has 2 aromatic carbocycles. The maximum Gasteiger partial charge on any atom is 0.343 e. The lowest BCUT2D eigenvalue weighted by Crippen LogP contribution is -2.52. The highest BCUT2D eigenvalue weighted by atomic mass is 35.5. The van der Waals surface area contributed by atoms with E-state index in [4.69, 9.17) is 27.9 Å². The number of amides is 1. The Kier molecular flexibility index (Phi) is 8.55. The highest BCUT2D eigenvalue weighted by Gasteiger charge is 2.51. The first-order valence-corrected chi connectivity index (χ1v) is 16.5. The molecule has 3 heterocycles. The summed E-state index contributed by atoms with van der Waals surface area (Å²) in [4.78, 5) is 28.8. The van der Waals surface area contributed by atoms with E-state index in [0.29, 0.717) is 52.5 Å². The summed E-state index contributed by atoms with van der Waals surface area (Å²) in [7, 11) is -3.44. The van der Waals surface area contributed by atoms with E-state index in [2.05, 4.69) is 11.9 Å². The number of nitrogens with one attached hydrogen (secondary N) is 1. The van der Waals surface area contributed by atoms with Crippen LogP contribution in [0.15, 0.2) is 65.8 Å². The molecule has 3 aromatic rings. The van der Waals surface area contributed by atoms with Crippen LogP contribution in [0.3, 0.4) is 0 Å². The van der Waals surface area contributed by atoms with Crippen LogP contribution in [0.2, 0.25) is 9.36 Å². The standard InChI is InChI=1S/C30H28Cl2N2O6S2/c1-3-18-13-22(19-6-4-7-21(12-19)42(2,38)39)24(31)14-23(18)27-28(36)30(40-29(27)37)10-5-11-34(17-30)16-26(35)33-15-20-8-9-25(32)41-20/h3-4,6-9,12-14,36H,1,5,10-11,15-17H2,2H3,(H,33,35). The average molecular weight is 648 g/mol. The maximum atomic E-state index is 13.2. The summed E-state index contributed by atoms with van der Waals surface area (Å²) >= 11 is 14.0. The quantitative estimate of drug-likeness (QED) is 0.300. The minimum absolute atomic E-state index is 0.0101. The topological polar surface area (TPSA) is 113 Å². The maximum absolute atomic E-state index is 13.2. The molecule has 1 spiro atoms. The number of hydrogen-bond acceptors (Lipinski definition) is 8. The summed E-state index contributed by atoms with van der Waals surface area (Å²) in [5.41, 5.74) is 0.673. The molecule has 1 atom stereocenters. The summed E-state index contributed by atoms with van der Waals surface area (Å²) in [5, 5.41) is 14.6. The van der Waals surface area contributed by atoms with E-state index in [1.165, 1.54) is 29.5 Å². The monoisotopic (exact) mass is 646 g/mol. The number of ether oxygens (including phenoxy) is 1. The second-order valence-corrected chi connectivity index (χ2v) is 14.6. The largest absolute Gasteiger partial charge is 0.507 e. The van der Waals surface area contributed by atoms with Gasteiger partial charge >= 0.3 is 5.97 Å². The van der Waals surface area contributed by atoms with Crippen molar-refractivity contribution >= 4 is 67.9 Å². The van der Waals surface area contributed by atoms with Crippen molar-refractivity contribution in [2.24, 2.45) is 0 Å². The van der Waals surface area contributed by atoms with Gasteiger partial charge in [-0.15, -0.1) is 11.3 Å². The van der Waals surface area contributed by atoms with E-state index >= 15 is 0 Å². The molecule has 12 heteroatoms. The molecule has 0 bridgehead atoms. The Balaban J connectivity index is 1.40. The summed E-state index contributed by atoms with van der Waals surface area (Å²) in [6.07, 6.45) is 3.66. The van der Waals surface area contributed by atoms with Gasteiger partial charge in [0.25, 0.3) is 0 Å². The van der Waals surface area contributed by atoms with Crippen molar-refractivity contribution in [1.29, 1.82) is 0 Å². The van der Waals surface area contributed by atoms with Gasteiger partial charge in [0.15, 0.2) is 21.2 Å².